The van der Waals surface area contributed by atoms with E-state index >= 15 is 0 Å². The third kappa shape index (κ3) is 4.37. The third-order valence-corrected chi connectivity index (χ3v) is 6.58. The van der Waals surface area contributed by atoms with Crippen LogP contribution in [0.15, 0.2) is 42.6 Å². The van der Waals surface area contributed by atoms with E-state index in [1.165, 1.54) is 0 Å². The molecule has 2 aromatic heterocycles. The SMILES string of the molecule is NC(=O)CN1CCSC(Cc2ccc(Cl)cc2Cl)c2c1n[nH]c2-c1ccccn1. The van der Waals surface area contributed by atoms with Crippen LogP contribution in [0.3, 0.4) is 0 Å². The van der Waals surface area contributed by atoms with Gasteiger partial charge in [-0.2, -0.15) is 16.9 Å². The molecule has 9 heteroatoms. The number of fused-ring (bicyclic) bond motifs is 1. The average Bonchev–Trinajstić information content (AvgIpc) is 3.06. The van der Waals surface area contributed by atoms with E-state index in [1.54, 1.807) is 24.0 Å². The number of halogens is 2. The molecule has 3 aromatic rings. The summed E-state index contributed by atoms with van der Waals surface area (Å²) in [4.78, 5) is 18.0. The molecule has 1 aliphatic rings. The van der Waals surface area contributed by atoms with E-state index in [4.69, 9.17) is 28.9 Å². The van der Waals surface area contributed by atoms with Gasteiger partial charge in [-0.15, -0.1) is 0 Å². The van der Waals surface area contributed by atoms with Gasteiger partial charge in [0.05, 0.1) is 17.9 Å². The van der Waals surface area contributed by atoms with Gasteiger partial charge in [0.2, 0.25) is 5.91 Å². The maximum atomic E-state index is 11.6. The quantitative estimate of drug-likeness (QED) is 0.614. The lowest BCUT2D eigenvalue weighted by molar-refractivity contribution is -0.116. The molecule has 0 bridgehead atoms. The Kier molecular flexibility index (Phi) is 5.99. The number of carbonyl (C=O) groups excluding carboxylic acids is 1. The Morgan fingerprint density at radius 1 is 1.31 bits per heavy atom. The Morgan fingerprint density at radius 2 is 2.17 bits per heavy atom. The second-order valence-electron chi connectivity index (χ2n) is 6.74. The molecule has 3 N–H and O–H groups in total. The minimum absolute atomic E-state index is 0.0808. The van der Waals surface area contributed by atoms with Crippen molar-refractivity contribution in [3.8, 4) is 11.4 Å². The fourth-order valence-corrected chi connectivity index (χ4v) is 5.26. The lowest BCUT2D eigenvalue weighted by Gasteiger charge is -2.20. The minimum Gasteiger partial charge on any atom is -0.368 e. The maximum absolute atomic E-state index is 11.6. The number of anilines is 1. The van der Waals surface area contributed by atoms with Gasteiger partial charge in [0, 0.05) is 39.4 Å². The molecule has 0 fully saturated rings. The van der Waals surface area contributed by atoms with Gasteiger partial charge in [0.25, 0.3) is 0 Å². The number of nitrogens with zero attached hydrogens (tertiary/aromatic N) is 3. The van der Waals surface area contributed by atoms with E-state index in [0.29, 0.717) is 23.0 Å². The number of primary amides is 1. The minimum atomic E-state index is -0.387. The van der Waals surface area contributed by atoms with Crippen molar-refractivity contribution in [3.05, 3.63) is 63.8 Å². The smallest absolute Gasteiger partial charge is 0.237 e. The predicted octanol–water partition coefficient (Wildman–Crippen LogP) is 4.10. The molecule has 0 spiro atoms. The molecule has 1 aromatic carbocycles. The first-order chi connectivity index (χ1) is 14.0. The van der Waals surface area contributed by atoms with Crippen molar-refractivity contribution < 1.29 is 4.79 Å². The van der Waals surface area contributed by atoms with Gasteiger partial charge in [-0.3, -0.25) is 14.9 Å². The number of thioether (sulfide) groups is 1. The van der Waals surface area contributed by atoms with Gasteiger partial charge in [-0.1, -0.05) is 35.3 Å². The summed E-state index contributed by atoms with van der Waals surface area (Å²) < 4.78 is 0. The lowest BCUT2D eigenvalue weighted by atomic mass is 10.0. The highest BCUT2D eigenvalue weighted by Crippen LogP contribution is 2.44. The average molecular weight is 448 g/mol. The Morgan fingerprint density at radius 3 is 2.90 bits per heavy atom. The number of rotatable bonds is 5. The van der Waals surface area contributed by atoms with E-state index in [2.05, 4.69) is 15.2 Å². The number of H-pyrrole nitrogens is 1. The Hall–Kier alpha value is -2.22. The van der Waals surface area contributed by atoms with Crippen LogP contribution < -0.4 is 10.6 Å². The number of carbonyl (C=O) groups is 1. The van der Waals surface area contributed by atoms with Gasteiger partial charge < -0.3 is 10.6 Å². The summed E-state index contributed by atoms with van der Waals surface area (Å²) in [6.45, 7) is 0.798. The summed E-state index contributed by atoms with van der Waals surface area (Å²) in [6.07, 6.45) is 2.45. The molecule has 0 saturated carbocycles. The van der Waals surface area contributed by atoms with Crippen LogP contribution in [0.25, 0.3) is 11.4 Å². The van der Waals surface area contributed by atoms with Crippen LogP contribution in [0.5, 0.6) is 0 Å². The highest BCUT2D eigenvalue weighted by Gasteiger charge is 2.31. The van der Waals surface area contributed by atoms with Crippen molar-refractivity contribution in [1.29, 1.82) is 0 Å². The number of aromatic amines is 1. The second-order valence-corrected chi connectivity index (χ2v) is 8.89. The monoisotopic (exact) mass is 447 g/mol. The molecule has 6 nitrogen and oxygen atoms in total. The summed E-state index contributed by atoms with van der Waals surface area (Å²) in [5.41, 5.74) is 9.14. The van der Waals surface area contributed by atoms with Crippen molar-refractivity contribution in [2.24, 2.45) is 5.73 Å². The maximum Gasteiger partial charge on any atom is 0.237 e. The summed E-state index contributed by atoms with van der Waals surface area (Å²) in [6, 6.07) is 11.3. The van der Waals surface area contributed by atoms with Crippen LogP contribution in [-0.2, 0) is 11.2 Å². The predicted molar refractivity (Wildman–Crippen MR) is 119 cm³/mol. The fraction of sp³-hybridized carbons (Fsp3) is 0.250. The first kappa shape index (κ1) is 20.1. The number of hydrogen-bond acceptors (Lipinski definition) is 5. The molecule has 0 radical (unpaired) electrons. The molecule has 4 rings (SSSR count). The molecule has 1 unspecified atom stereocenters. The van der Waals surface area contributed by atoms with Crippen LogP contribution in [0, 0.1) is 0 Å². The summed E-state index contributed by atoms with van der Waals surface area (Å²) in [5, 5.41) is 9.00. The first-order valence-corrected chi connectivity index (χ1v) is 10.9. The zero-order chi connectivity index (χ0) is 20.4. The van der Waals surface area contributed by atoms with Crippen molar-refractivity contribution >= 4 is 46.7 Å². The normalized spacial score (nSPS) is 16.3. The number of aromatic nitrogens is 3. The number of pyridine rings is 1. The molecular formula is C20H19Cl2N5OS. The molecule has 29 heavy (non-hydrogen) atoms. The van der Waals surface area contributed by atoms with Gasteiger partial charge in [0.1, 0.15) is 0 Å². The number of nitrogens with two attached hydrogens (primary N) is 1. The molecule has 3 heterocycles. The number of benzene rings is 1. The first-order valence-electron chi connectivity index (χ1n) is 9.11. The van der Waals surface area contributed by atoms with Gasteiger partial charge >= 0.3 is 0 Å². The van der Waals surface area contributed by atoms with Crippen LogP contribution in [0.4, 0.5) is 5.82 Å². The second kappa shape index (κ2) is 8.65. The van der Waals surface area contributed by atoms with Crippen LogP contribution in [-0.4, -0.2) is 39.9 Å². The lowest BCUT2D eigenvalue weighted by Crippen LogP contribution is -2.35. The van der Waals surface area contributed by atoms with Crippen molar-refractivity contribution in [3.63, 3.8) is 0 Å². The molecule has 0 saturated heterocycles. The molecule has 0 aliphatic carbocycles. The molecule has 1 amide bonds. The number of hydrogen-bond donors (Lipinski definition) is 2. The van der Waals surface area contributed by atoms with Crippen molar-refractivity contribution in [1.82, 2.24) is 15.2 Å². The molecule has 150 valence electrons. The van der Waals surface area contributed by atoms with Crippen LogP contribution >= 0.6 is 35.0 Å². The Bertz CT molecular complexity index is 1030. The fourth-order valence-electron chi connectivity index (χ4n) is 3.48. The molecular weight excluding hydrogens is 429 g/mol. The largest absolute Gasteiger partial charge is 0.368 e. The van der Waals surface area contributed by atoms with Gasteiger partial charge in [0.15, 0.2) is 5.82 Å². The summed E-state index contributed by atoms with van der Waals surface area (Å²) >= 11 is 14.3. The Balaban J connectivity index is 1.78. The van der Waals surface area contributed by atoms with E-state index in [9.17, 15) is 4.79 Å². The Labute approximate surface area is 182 Å². The summed E-state index contributed by atoms with van der Waals surface area (Å²) in [7, 11) is 0. The van der Waals surface area contributed by atoms with E-state index in [-0.39, 0.29) is 17.7 Å². The zero-order valence-corrected chi connectivity index (χ0v) is 17.8. The highest BCUT2D eigenvalue weighted by molar-refractivity contribution is 7.99. The van der Waals surface area contributed by atoms with E-state index < -0.39 is 0 Å². The van der Waals surface area contributed by atoms with Gasteiger partial charge in [-0.05, 0) is 36.2 Å². The highest BCUT2D eigenvalue weighted by atomic mass is 35.5. The summed E-state index contributed by atoms with van der Waals surface area (Å²) in [5.74, 6) is 1.19. The number of nitrogens with one attached hydrogen (secondary N) is 1. The topological polar surface area (TPSA) is 87.9 Å². The molecule has 1 aliphatic heterocycles. The van der Waals surface area contributed by atoms with Gasteiger partial charge in [-0.25, -0.2) is 0 Å². The van der Waals surface area contributed by atoms with Crippen LogP contribution in [0.1, 0.15) is 16.4 Å². The van der Waals surface area contributed by atoms with Crippen LogP contribution in [0.2, 0.25) is 10.0 Å². The van der Waals surface area contributed by atoms with E-state index in [0.717, 1.165) is 34.1 Å². The molecule has 1 atom stereocenters. The standard InChI is InChI=1S/C20H19Cl2N5OS/c21-13-5-4-12(14(22)10-13)9-16-18-19(15-3-1-2-6-24-15)25-26-20(18)27(7-8-29-16)11-17(23)28/h1-6,10,16H,7-9,11H2,(H2,23,28)(H,25,26). The van der Waals surface area contributed by atoms with E-state index in [1.807, 2.05) is 35.2 Å². The zero-order valence-electron chi connectivity index (χ0n) is 15.4. The number of amides is 1. The van der Waals surface area contributed by atoms with Crippen molar-refractivity contribution in [2.45, 2.75) is 11.7 Å². The van der Waals surface area contributed by atoms with Crippen molar-refractivity contribution in [2.75, 3.05) is 23.7 Å². The third-order valence-electron chi connectivity index (χ3n) is 4.77.